The van der Waals surface area contributed by atoms with Crippen LogP contribution in [0.3, 0.4) is 0 Å². The first-order valence-corrected chi connectivity index (χ1v) is 8.74. The molecule has 1 atom stereocenters. The molecule has 2 aliphatic heterocycles. The van der Waals surface area contributed by atoms with Gasteiger partial charge in [-0.15, -0.1) is 0 Å². The number of anilines is 2. The maximum Gasteiger partial charge on any atom is 0.189 e. The number of benzene rings is 1. The third-order valence-corrected chi connectivity index (χ3v) is 5.04. The number of hydrogen-bond acceptors (Lipinski definition) is 7. The van der Waals surface area contributed by atoms with Crippen LogP contribution >= 0.6 is 0 Å². The summed E-state index contributed by atoms with van der Waals surface area (Å²) in [6.07, 6.45) is 3.54. The molecule has 1 saturated heterocycles. The molecule has 2 aliphatic rings. The third-order valence-electron chi connectivity index (χ3n) is 5.04. The molecule has 1 unspecified atom stereocenters. The minimum atomic E-state index is -0.570. The molecule has 1 aromatic heterocycles. The van der Waals surface area contributed by atoms with E-state index in [9.17, 15) is 10.1 Å². The van der Waals surface area contributed by atoms with Crippen LogP contribution < -0.4 is 21.5 Å². The summed E-state index contributed by atoms with van der Waals surface area (Å²) in [6.45, 7) is 1.89. The van der Waals surface area contributed by atoms with Gasteiger partial charge in [0.05, 0.1) is 22.9 Å². The molecule has 1 fully saturated rings. The number of carbonyl (C=O) groups excluding carboxylic acids is 1. The van der Waals surface area contributed by atoms with Crippen LogP contribution in [0.5, 0.6) is 0 Å². The standard InChI is InChI=1S/C19H20N6O/c20-11-12-3-4-16-15(10-12)17(18(26)14-2-1-7-23-19(14)21)24-25(16)13-5-8-22-9-6-13/h1-4,7,10,13,17,22,24H,5-6,8-9H2,(H2,21,23). The van der Waals surface area contributed by atoms with Crippen LogP contribution in [0, 0.1) is 11.3 Å². The lowest BCUT2D eigenvalue weighted by Crippen LogP contribution is -2.49. The molecule has 7 heteroatoms. The monoisotopic (exact) mass is 348 g/mol. The Balaban J connectivity index is 1.73. The van der Waals surface area contributed by atoms with Crippen molar-refractivity contribution < 1.29 is 4.79 Å². The number of pyridine rings is 1. The van der Waals surface area contributed by atoms with Crippen LogP contribution in [0.1, 0.15) is 40.4 Å². The molecule has 0 spiro atoms. The van der Waals surface area contributed by atoms with Crippen molar-refractivity contribution in [1.29, 1.82) is 5.26 Å². The lowest BCUT2D eigenvalue weighted by Gasteiger charge is -2.33. The first kappa shape index (κ1) is 16.5. The maximum atomic E-state index is 13.2. The maximum absolute atomic E-state index is 13.2. The summed E-state index contributed by atoms with van der Waals surface area (Å²) in [4.78, 5) is 17.2. The molecule has 0 radical (unpaired) electrons. The van der Waals surface area contributed by atoms with Gasteiger partial charge in [0.25, 0.3) is 0 Å². The average molecular weight is 348 g/mol. The van der Waals surface area contributed by atoms with Gasteiger partial charge in [0.1, 0.15) is 11.9 Å². The highest BCUT2D eigenvalue weighted by Gasteiger charge is 2.38. The number of fused-ring (bicyclic) bond motifs is 1. The van der Waals surface area contributed by atoms with E-state index in [0.717, 1.165) is 37.2 Å². The Morgan fingerprint density at radius 3 is 2.85 bits per heavy atom. The summed E-state index contributed by atoms with van der Waals surface area (Å²) < 4.78 is 0. The SMILES string of the molecule is N#Cc1ccc2c(c1)C(C(=O)c1cccnc1N)NN2C1CCNCC1. The number of piperidine rings is 1. The molecule has 3 heterocycles. The Kier molecular flexibility index (Phi) is 4.29. The number of nitrogens with one attached hydrogen (secondary N) is 2. The number of nitrogens with two attached hydrogens (primary N) is 1. The fraction of sp³-hybridized carbons (Fsp3) is 0.316. The van der Waals surface area contributed by atoms with E-state index in [1.165, 1.54) is 0 Å². The molecule has 4 rings (SSSR count). The van der Waals surface area contributed by atoms with Crippen molar-refractivity contribution in [3.05, 3.63) is 53.2 Å². The van der Waals surface area contributed by atoms with E-state index in [0.29, 0.717) is 17.2 Å². The number of aromatic nitrogens is 1. The highest BCUT2D eigenvalue weighted by atomic mass is 16.1. The highest BCUT2D eigenvalue weighted by molar-refractivity contribution is 6.05. The zero-order valence-corrected chi connectivity index (χ0v) is 14.3. The molecule has 0 bridgehead atoms. The van der Waals surface area contributed by atoms with Crippen LogP contribution in [0.15, 0.2) is 36.5 Å². The third kappa shape index (κ3) is 2.79. The topological polar surface area (TPSA) is 107 Å². The fourth-order valence-electron chi connectivity index (χ4n) is 3.70. The van der Waals surface area contributed by atoms with Gasteiger partial charge in [0.15, 0.2) is 5.78 Å². The van der Waals surface area contributed by atoms with Crippen LogP contribution in [0.4, 0.5) is 11.5 Å². The molecule has 132 valence electrons. The van der Waals surface area contributed by atoms with Crippen molar-refractivity contribution in [2.75, 3.05) is 23.8 Å². The zero-order valence-electron chi connectivity index (χ0n) is 14.3. The van der Waals surface area contributed by atoms with Gasteiger partial charge < -0.3 is 16.1 Å². The molecule has 0 amide bonds. The summed E-state index contributed by atoms with van der Waals surface area (Å²) in [5.41, 5.74) is 12.0. The summed E-state index contributed by atoms with van der Waals surface area (Å²) in [6, 6.07) is 10.8. The van der Waals surface area contributed by atoms with E-state index >= 15 is 0 Å². The fourth-order valence-corrected chi connectivity index (χ4v) is 3.70. The van der Waals surface area contributed by atoms with Crippen LogP contribution in [-0.4, -0.2) is 29.9 Å². The van der Waals surface area contributed by atoms with Crippen LogP contribution in [-0.2, 0) is 0 Å². The lowest BCUT2D eigenvalue weighted by molar-refractivity contribution is 0.0945. The predicted octanol–water partition coefficient (Wildman–Crippen LogP) is 1.54. The molecular formula is C19H20N6O. The quantitative estimate of drug-likeness (QED) is 0.722. The van der Waals surface area contributed by atoms with E-state index in [1.807, 2.05) is 6.07 Å². The molecule has 2 aromatic rings. The van der Waals surface area contributed by atoms with E-state index in [4.69, 9.17) is 5.73 Å². The van der Waals surface area contributed by atoms with E-state index < -0.39 is 6.04 Å². The average Bonchev–Trinajstić information content (AvgIpc) is 3.07. The molecule has 0 aliphatic carbocycles. The number of nitriles is 1. The van der Waals surface area contributed by atoms with Crippen molar-refractivity contribution in [3.8, 4) is 6.07 Å². The number of hydrogen-bond donors (Lipinski definition) is 3. The van der Waals surface area contributed by atoms with Gasteiger partial charge in [-0.3, -0.25) is 4.79 Å². The van der Waals surface area contributed by atoms with Gasteiger partial charge in [-0.05, 0) is 56.3 Å². The van der Waals surface area contributed by atoms with Crippen molar-refractivity contribution in [2.45, 2.75) is 24.9 Å². The summed E-state index contributed by atoms with van der Waals surface area (Å²) in [7, 11) is 0. The van der Waals surface area contributed by atoms with Gasteiger partial charge in [-0.2, -0.15) is 5.26 Å². The zero-order chi connectivity index (χ0) is 18.1. The number of ketones is 1. The Hall–Kier alpha value is -2.95. The lowest BCUT2D eigenvalue weighted by atomic mass is 9.96. The second-order valence-corrected chi connectivity index (χ2v) is 6.60. The Morgan fingerprint density at radius 2 is 2.12 bits per heavy atom. The van der Waals surface area contributed by atoms with E-state index in [-0.39, 0.29) is 11.6 Å². The second-order valence-electron chi connectivity index (χ2n) is 6.60. The Morgan fingerprint density at radius 1 is 1.31 bits per heavy atom. The highest BCUT2D eigenvalue weighted by Crippen LogP contribution is 2.38. The number of rotatable bonds is 3. The molecule has 26 heavy (non-hydrogen) atoms. The van der Waals surface area contributed by atoms with Crippen molar-refractivity contribution in [1.82, 2.24) is 15.7 Å². The Bertz CT molecular complexity index is 884. The van der Waals surface area contributed by atoms with Crippen LogP contribution in [0.2, 0.25) is 0 Å². The van der Waals surface area contributed by atoms with E-state index in [1.54, 1.807) is 30.5 Å². The number of nitrogens with zero attached hydrogens (tertiary/aromatic N) is 3. The molecule has 0 saturated carbocycles. The Labute approximate surface area is 151 Å². The molecule has 7 nitrogen and oxygen atoms in total. The minimum absolute atomic E-state index is 0.136. The second kappa shape index (κ2) is 6.75. The summed E-state index contributed by atoms with van der Waals surface area (Å²) in [5.74, 6) is 0.0842. The van der Waals surface area contributed by atoms with Gasteiger partial charge >= 0.3 is 0 Å². The van der Waals surface area contributed by atoms with E-state index in [2.05, 4.69) is 26.8 Å². The smallest absolute Gasteiger partial charge is 0.189 e. The van der Waals surface area contributed by atoms with Crippen LogP contribution in [0.25, 0.3) is 0 Å². The number of Topliss-reactive ketones (excluding diaryl/α,β-unsaturated/α-hetero) is 1. The largest absolute Gasteiger partial charge is 0.383 e. The molecule has 1 aromatic carbocycles. The minimum Gasteiger partial charge on any atom is -0.383 e. The molecular weight excluding hydrogens is 328 g/mol. The number of nitrogen functional groups attached to an aromatic ring is 1. The number of carbonyl (C=O) groups is 1. The van der Waals surface area contributed by atoms with Crippen molar-refractivity contribution >= 4 is 17.3 Å². The van der Waals surface area contributed by atoms with Gasteiger partial charge in [0, 0.05) is 17.8 Å². The summed E-state index contributed by atoms with van der Waals surface area (Å²) in [5, 5.41) is 14.7. The van der Waals surface area contributed by atoms with Crippen molar-refractivity contribution in [3.63, 3.8) is 0 Å². The predicted molar refractivity (Wildman–Crippen MR) is 98.4 cm³/mol. The van der Waals surface area contributed by atoms with Gasteiger partial charge in [-0.25, -0.2) is 10.4 Å². The van der Waals surface area contributed by atoms with Gasteiger partial charge in [0.2, 0.25) is 0 Å². The number of hydrazine groups is 1. The first-order valence-electron chi connectivity index (χ1n) is 8.74. The first-order chi connectivity index (χ1) is 12.7. The normalized spacial score (nSPS) is 19.8. The van der Waals surface area contributed by atoms with Gasteiger partial charge in [-0.1, -0.05) is 0 Å². The van der Waals surface area contributed by atoms with Crippen molar-refractivity contribution in [2.24, 2.45) is 0 Å². The summed E-state index contributed by atoms with van der Waals surface area (Å²) >= 11 is 0. The molecule has 4 N–H and O–H groups in total.